The van der Waals surface area contributed by atoms with Gasteiger partial charge in [-0.05, 0) is 77.3 Å². The van der Waals surface area contributed by atoms with Crippen LogP contribution in [0.1, 0.15) is 47.0 Å². The lowest BCUT2D eigenvalue weighted by molar-refractivity contribution is 0.244. The third kappa shape index (κ3) is 2.59. The molecule has 0 atom stereocenters. The van der Waals surface area contributed by atoms with Crippen molar-refractivity contribution >= 4 is 28.8 Å². The predicted molar refractivity (Wildman–Crippen MR) is 105 cm³/mol. The summed E-state index contributed by atoms with van der Waals surface area (Å²) >= 11 is 1.86. The van der Waals surface area contributed by atoms with Gasteiger partial charge in [0, 0.05) is 26.6 Å². The number of benzene rings is 2. The van der Waals surface area contributed by atoms with Crippen LogP contribution < -0.4 is 10.2 Å². The third-order valence-corrected chi connectivity index (χ3v) is 6.54. The third-order valence-electron chi connectivity index (χ3n) is 5.39. The lowest BCUT2D eigenvalue weighted by atomic mass is 9.79. The van der Waals surface area contributed by atoms with Crippen LogP contribution in [0.25, 0.3) is 0 Å². The smallest absolute Gasteiger partial charge is 0.0547 e. The highest BCUT2D eigenvalue weighted by Crippen LogP contribution is 2.48. The minimum Gasteiger partial charge on any atom is -0.361 e. The minimum absolute atomic E-state index is 0.190. The number of piperidine rings is 1. The summed E-state index contributed by atoms with van der Waals surface area (Å²) in [6.07, 6.45) is 3.81. The van der Waals surface area contributed by atoms with Crippen molar-refractivity contribution in [1.29, 1.82) is 0 Å². The summed E-state index contributed by atoms with van der Waals surface area (Å²) in [6.45, 7) is 9.52. The highest BCUT2D eigenvalue weighted by atomic mass is 32.2. The second kappa shape index (κ2) is 5.45. The van der Waals surface area contributed by atoms with E-state index in [1.807, 2.05) is 11.8 Å². The topological polar surface area (TPSA) is 15.3 Å². The van der Waals surface area contributed by atoms with Crippen molar-refractivity contribution in [3.63, 3.8) is 0 Å². The van der Waals surface area contributed by atoms with Crippen LogP contribution in [0.4, 0.5) is 17.1 Å². The Morgan fingerprint density at radius 3 is 2.29 bits per heavy atom. The maximum Gasteiger partial charge on any atom is 0.0547 e. The maximum absolute atomic E-state index is 3.63. The number of anilines is 3. The van der Waals surface area contributed by atoms with Gasteiger partial charge in [-0.25, -0.2) is 0 Å². The Morgan fingerprint density at radius 1 is 0.875 bits per heavy atom. The van der Waals surface area contributed by atoms with Gasteiger partial charge >= 0.3 is 0 Å². The molecule has 3 heteroatoms. The van der Waals surface area contributed by atoms with E-state index < -0.39 is 0 Å². The number of hydrogen-bond donors (Lipinski definition) is 1. The zero-order valence-electron chi connectivity index (χ0n) is 15.0. The molecule has 1 fully saturated rings. The van der Waals surface area contributed by atoms with Crippen molar-refractivity contribution in [3.8, 4) is 0 Å². The van der Waals surface area contributed by atoms with Crippen LogP contribution in [0, 0.1) is 0 Å². The van der Waals surface area contributed by atoms with Crippen molar-refractivity contribution in [2.45, 2.75) is 67.8 Å². The summed E-state index contributed by atoms with van der Waals surface area (Å²) < 4.78 is 0. The van der Waals surface area contributed by atoms with Gasteiger partial charge in [-0.3, -0.25) is 0 Å². The number of nitrogens with one attached hydrogen (secondary N) is 1. The van der Waals surface area contributed by atoms with Gasteiger partial charge in [-0.1, -0.05) is 23.9 Å². The molecular formula is C21H26N2S. The molecule has 2 heterocycles. The molecule has 2 nitrogen and oxygen atoms in total. The highest BCUT2D eigenvalue weighted by Gasteiger charge is 2.41. The average Bonchev–Trinajstić information content (AvgIpc) is 2.51. The fourth-order valence-electron chi connectivity index (χ4n) is 4.46. The first-order valence-corrected chi connectivity index (χ1v) is 9.67. The first-order chi connectivity index (χ1) is 11.4. The quantitative estimate of drug-likeness (QED) is 0.549. The molecule has 2 aromatic rings. The summed E-state index contributed by atoms with van der Waals surface area (Å²) in [6, 6.07) is 15.5. The number of rotatable bonds is 1. The molecule has 2 aliphatic rings. The molecule has 1 N–H and O–H groups in total. The Balaban J connectivity index is 1.74. The molecule has 126 valence electrons. The Morgan fingerprint density at radius 2 is 1.54 bits per heavy atom. The van der Waals surface area contributed by atoms with Gasteiger partial charge < -0.3 is 10.2 Å². The molecule has 0 bridgehead atoms. The lowest BCUT2D eigenvalue weighted by Gasteiger charge is -2.54. The van der Waals surface area contributed by atoms with Gasteiger partial charge in [0.15, 0.2) is 0 Å². The summed E-state index contributed by atoms with van der Waals surface area (Å²) in [4.78, 5) is 5.25. The van der Waals surface area contributed by atoms with Crippen LogP contribution in [-0.2, 0) is 0 Å². The summed E-state index contributed by atoms with van der Waals surface area (Å²) in [7, 11) is 0. The van der Waals surface area contributed by atoms with Crippen LogP contribution in [0.15, 0.2) is 52.3 Å². The van der Waals surface area contributed by atoms with Gasteiger partial charge in [0.05, 0.1) is 11.4 Å². The summed E-state index contributed by atoms with van der Waals surface area (Å²) in [5, 5.41) is 3.63. The van der Waals surface area contributed by atoms with E-state index in [0.29, 0.717) is 0 Å². The van der Waals surface area contributed by atoms with Gasteiger partial charge in [-0.2, -0.15) is 0 Å². The molecule has 2 aromatic carbocycles. The van der Waals surface area contributed by atoms with E-state index >= 15 is 0 Å². The van der Waals surface area contributed by atoms with Crippen molar-refractivity contribution in [2.24, 2.45) is 0 Å². The molecule has 1 saturated heterocycles. The summed E-state index contributed by atoms with van der Waals surface area (Å²) in [5.41, 5.74) is 4.15. The zero-order valence-corrected chi connectivity index (χ0v) is 15.8. The second-order valence-electron chi connectivity index (χ2n) is 8.22. The van der Waals surface area contributed by atoms with Crippen LogP contribution in [0.2, 0.25) is 0 Å². The van der Waals surface area contributed by atoms with Crippen molar-refractivity contribution in [1.82, 2.24) is 0 Å². The number of fused-ring (bicyclic) bond motifs is 2. The van der Waals surface area contributed by atoms with Crippen molar-refractivity contribution < 1.29 is 0 Å². The Kier molecular flexibility index (Phi) is 3.61. The van der Waals surface area contributed by atoms with Crippen LogP contribution in [-0.4, -0.2) is 11.1 Å². The molecule has 0 spiro atoms. The standard InChI is InChI=1S/C21H26N2S/c1-20(2)12-7-13-21(3,4)23(20)15-10-11-19-17(14-15)22-16-8-5-6-9-18(16)24-19/h5-6,8-11,14,22H,7,12-13H2,1-4H3. The largest absolute Gasteiger partial charge is 0.361 e. The number of nitrogens with zero attached hydrogens (tertiary/aromatic N) is 1. The SMILES string of the molecule is CC1(C)CCCC(C)(C)N1c1ccc2c(c1)Nc1ccccc1S2. The molecule has 0 unspecified atom stereocenters. The molecule has 24 heavy (non-hydrogen) atoms. The fourth-order valence-corrected chi connectivity index (χ4v) is 5.43. The molecule has 0 aromatic heterocycles. The Hall–Kier alpha value is -1.61. The normalized spacial score (nSPS) is 20.8. The first kappa shape index (κ1) is 15.9. The molecule has 0 radical (unpaired) electrons. The predicted octanol–water partition coefficient (Wildman–Crippen LogP) is 6.44. The van der Waals surface area contributed by atoms with Crippen LogP contribution >= 0.6 is 11.8 Å². The van der Waals surface area contributed by atoms with E-state index in [0.717, 1.165) is 0 Å². The molecule has 0 saturated carbocycles. The molecule has 0 aliphatic carbocycles. The molecule has 2 aliphatic heterocycles. The number of hydrogen-bond acceptors (Lipinski definition) is 3. The minimum atomic E-state index is 0.190. The Labute approximate surface area is 149 Å². The fraction of sp³-hybridized carbons (Fsp3) is 0.429. The van der Waals surface area contributed by atoms with Gasteiger partial charge in [0.25, 0.3) is 0 Å². The van der Waals surface area contributed by atoms with E-state index in [1.165, 1.54) is 46.1 Å². The lowest BCUT2D eigenvalue weighted by Crippen LogP contribution is -2.59. The van der Waals surface area contributed by atoms with Gasteiger partial charge in [-0.15, -0.1) is 0 Å². The van der Waals surface area contributed by atoms with E-state index in [2.05, 4.69) is 80.4 Å². The van der Waals surface area contributed by atoms with Crippen molar-refractivity contribution in [2.75, 3.05) is 10.2 Å². The molecule has 4 rings (SSSR count). The first-order valence-electron chi connectivity index (χ1n) is 8.85. The molecule has 0 amide bonds. The van der Waals surface area contributed by atoms with Crippen LogP contribution in [0.5, 0.6) is 0 Å². The summed E-state index contributed by atoms with van der Waals surface area (Å²) in [5.74, 6) is 0. The van der Waals surface area contributed by atoms with E-state index in [9.17, 15) is 0 Å². The average molecular weight is 339 g/mol. The maximum atomic E-state index is 3.63. The number of para-hydroxylation sites is 1. The monoisotopic (exact) mass is 338 g/mol. The van der Waals surface area contributed by atoms with E-state index in [1.54, 1.807) is 0 Å². The van der Waals surface area contributed by atoms with Crippen LogP contribution in [0.3, 0.4) is 0 Å². The zero-order chi connectivity index (χ0) is 16.9. The highest BCUT2D eigenvalue weighted by molar-refractivity contribution is 7.99. The van der Waals surface area contributed by atoms with Crippen molar-refractivity contribution in [3.05, 3.63) is 42.5 Å². The Bertz CT molecular complexity index is 763. The van der Waals surface area contributed by atoms with E-state index in [-0.39, 0.29) is 11.1 Å². The molecular weight excluding hydrogens is 312 g/mol. The van der Waals surface area contributed by atoms with Gasteiger partial charge in [0.2, 0.25) is 0 Å². The second-order valence-corrected chi connectivity index (χ2v) is 9.30. The van der Waals surface area contributed by atoms with E-state index in [4.69, 9.17) is 0 Å². The van der Waals surface area contributed by atoms with Gasteiger partial charge in [0.1, 0.15) is 0 Å².